The van der Waals surface area contributed by atoms with Crippen LogP contribution in [0.15, 0.2) is 61.1 Å². The second-order valence-corrected chi connectivity index (χ2v) is 9.28. The number of carbonyl (C=O) groups is 2. The Hall–Kier alpha value is -3.48. The highest BCUT2D eigenvalue weighted by Gasteiger charge is 2.46. The molecule has 1 N–H and O–H groups in total. The number of aryl methyl sites for hydroxylation is 1. The number of carbonyl (C=O) groups excluding carboxylic acids is 2. The van der Waals surface area contributed by atoms with Gasteiger partial charge in [0.15, 0.2) is 0 Å². The molecule has 2 amide bonds. The third kappa shape index (κ3) is 4.82. The van der Waals surface area contributed by atoms with E-state index in [0.717, 1.165) is 16.7 Å². The van der Waals surface area contributed by atoms with Crippen molar-refractivity contribution >= 4 is 11.8 Å². The zero-order valence-electron chi connectivity index (χ0n) is 19.5. The van der Waals surface area contributed by atoms with Gasteiger partial charge in [0.1, 0.15) is 5.69 Å². The van der Waals surface area contributed by atoms with Gasteiger partial charge in [-0.1, -0.05) is 44.2 Å². The topological polar surface area (TPSA) is 80.1 Å². The van der Waals surface area contributed by atoms with Crippen molar-refractivity contribution in [3.05, 3.63) is 72.3 Å². The van der Waals surface area contributed by atoms with E-state index in [1.54, 1.807) is 35.1 Å². The van der Waals surface area contributed by atoms with Crippen LogP contribution in [0.25, 0.3) is 11.1 Å². The molecule has 1 saturated heterocycles. The average Bonchev–Trinajstić information content (AvgIpc) is 3.45. The second kappa shape index (κ2) is 9.57. The van der Waals surface area contributed by atoms with Crippen molar-refractivity contribution in [2.24, 2.45) is 18.4 Å². The molecule has 3 aromatic rings. The Kier molecular flexibility index (Phi) is 6.58. The molecule has 1 unspecified atom stereocenters. The first-order chi connectivity index (χ1) is 15.9. The zero-order valence-corrected chi connectivity index (χ0v) is 19.5. The molecule has 33 heavy (non-hydrogen) atoms. The molecular weight excluding hydrogens is 414 g/mol. The fourth-order valence-corrected chi connectivity index (χ4v) is 4.53. The standard InChI is InChI=1S/C26H31N5O2/c1-19(2)16-28-25(33)26(11-14-31(18-26)24(32)23-10-13-29-30(23)3)15-20-7-4-5-9-22(20)21-8-6-12-27-17-21/h4-10,12-13,17,19H,11,14-16,18H2,1-3H3,(H,28,33). The van der Waals surface area contributed by atoms with E-state index in [2.05, 4.69) is 41.4 Å². The van der Waals surface area contributed by atoms with Gasteiger partial charge in [0.05, 0.1) is 5.41 Å². The molecule has 0 aliphatic carbocycles. The Labute approximate surface area is 194 Å². The highest BCUT2D eigenvalue weighted by atomic mass is 16.2. The molecule has 1 atom stereocenters. The third-order valence-corrected chi connectivity index (χ3v) is 6.35. The van der Waals surface area contributed by atoms with Crippen LogP contribution in [0.5, 0.6) is 0 Å². The maximum Gasteiger partial charge on any atom is 0.272 e. The summed E-state index contributed by atoms with van der Waals surface area (Å²) in [7, 11) is 1.76. The number of pyridine rings is 1. The second-order valence-electron chi connectivity index (χ2n) is 9.28. The van der Waals surface area contributed by atoms with Gasteiger partial charge in [0.25, 0.3) is 5.91 Å². The van der Waals surface area contributed by atoms with E-state index in [4.69, 9.17) is 0 Å². The summed E-state index contributed by atoms with van der Waals surface area (Å²) in [6.45, 7) is 5.69. The number of hydrogen-bond donors (Lipinski definition) is 1. The molecule has 172 valence electrons. The first-order valence-electron chi connectivity index (χ1n) is 11.4. The van der Waals surface area contributed by atoms with Crippen molar-refractivity contribution < 1.29 is 9.59 Å². The van der Waals surface area contributed by atoms with Crippen LogP contribution in [0.3, 0.4) is 0 Å². The first-order valence-corrected chi connectivity index (χ1v) is 11.4. The first kappa shape index (κ1) is 22.7. The van der Waals surface area contributed by atoms with Crippen LogP contribution in [0.4, 0.5) is 0 Å². The fraction of sp³-hybridized carbons (Fsp3) is 0.385. The molecule has 0 saturated carbocycles. The molecule has 1 aliphatic rings. The molecule has 4 rings (SSSR count). The van der Waals surface area contributed by atoms with E-state index in [-0.39, 0.29) is 11.8 Å². The number of rotatable bonds is 7. The minimum Gasteiger partial charge on any atom is -0.355 e. The maximum atomic E-state index is 13.6. The Morgan fingerprint density at radius 2 is 1.94 bits per heavy atom. The van der Waals surface area contributed by atoms with Gasteiger partial charge in [0, 0.05) is 50.8 Å². The van der Waals surface area contributed by atoms with Crippen LogP contribution in [0, 0.1) is 11.3 Å². The van der Waals surface area contributed by atoms with Gasteiger partial charge in [-0.2, -0.15) is 5.10 Å². The van der Waals surface area contributed by atoms with Gasteiger partial charge < -0.3 is 10.2 Å². The summed E-state index contributed by atoms with van der Waals surface area (Å²) in [5.74, 6) is 0.272. The highest BCUT2D eigenvalue weighted by molar-refractivity contribution is 5.94. The lowest BCUT2D eigenvalue weighted by Crippen LogP contribution is -2.46. The zero-order chi connectivity index (χ0) is 23.4. The third-order valence-electron chi connectivity index (χ3n) is 6.35. The van der Waals surface area contributed by atoms with Gasteiger partial charge in [-0.15, -0.1) is 0 Å². The lowest BCUT2D eigenvalue weighted by molar-refractivity contribution is -0.130. The Morgan fingerprint density at radius 3 is 2.64 bits per heavy atom. The summed E-state index contributed by atoms with van der Waals surface area (Å²) >= 11 is 0. The van der Waals surface area contributed by atoms with E-state index < -0.39 is 5.41 Å². The van der Waals surface area contributed by atoms with Crippen LogP contribution in [0.2, 0.25) is 0 Å². The molecule has 0 radical (unpaired) electrons. The monoisotopic (exact) mass is 445 g/mol. The molecule has 0 spiro atoms. The average molecular weight is 446 g/mol. The van der Waals surface area contributed by atoms with Gasteiger partial charge in [-0.05, 0) is 42.0 Å². The number of nitrogens with zero attached hydrogens (tertiary/aromatic N) is 4. The summed E-state index contributed by atoms with van der Waals surface area (Å²) < 4.78 is 1.58. The minimum absolute atomic E-state index is 0.0116. The van der Waals surface area contributed by atoms with Crippen LogP contribution in [0.1, 0.15) is 36.3 Å². The summed E-state index contributed by atoms with van der Waals surface area (Å²) in [5, 5.41) is 7.27. The molecule has 1 aliphatic heterocycles. The molecular formula is C26H31N5O2. The summed E-state index contributed by atoms with van der Waals surface area (Å²) in [5.41, 5.74) is 3.01. The molecule has 7 nitrogen and oxygen atoms in total. The predicted octanol–water partition coefficient (Wildman–Crippen LogP) is 3.33. The van der Waals surface area contributed by atoms with Gasteiger partial charge in [-0.25, -0.2) is 0 Å². The number of nitrogens with one attached hydrogen (secondary N) is 1. The van der Waals surface area contributed by atoms with Crippen LogP contribution >= 0.6 is 0 Å². The van der Waals surface area contributed by atoms with Crippen LogP contribution < -0.4 is 5.32 Å². The molecule has 3 heterocycles. The van der Waals surface area contributed by atoms with Crippen molar-refractivity contribution in [1.29, 1.82) is 0 Å². The van der Waals surface area contributed by atoms with E-state index in [1.165, 1.54) is 0 Å². The van der Waals surface area contributed by atoms with Crippen molar-refractivity contribution in [3.63, 3.8) is 0 Å². The number of amides is 2. The Balaban J connectivity index is 1.65. The normalized spacial score (nSPS) is 18.0. The lowest BCUT2D eigenvalue weighted by atomic mass is 9.78. The summed E-state index contributed by atoms with van der Waals surface area (Å²) in [6, 6.07) is 13.8. The van der Waals surface area contributed by atoms with Crippen molar-refractivity contribution in [2.45, 2.75) is 26.7 Å². The lowest BCUT2D eigenvalue weighted by Gasteiger charge is -2.29. The summed E-state index contributed by atoms with van der Waals surface area (Å²) in [6.07, 6.45) is 6.39. The SMILES string of the molecule is CC(C)CNC(=O)C1(Cc2ccccc2-c2cccnc2)CCN(C(=O)c2ccnn2C)C1. The van der Waals surface area contributed by atoms with Crippen LogP contribution in [-0.4, -0.2) is 51.1 Å². The van der Waals surface area contributed by atoms with Crippen molar-refractivity contribution in [2.75, 3.05) is 19.6 Å². The van der Waals surface area contributed by atoms with E-state index in [9.17, 15) is 9.59 Å². The van der Waals surface area contributed by atoms with Gasteiger partial charge >= 0.3 is 0 Å². The quantitative estimate of drug-likeness (QED) is 0.605. The minimum atomic E-state index is -0.693. The number of hydrogen-bond acceptors (Lipinski definition) is 4. The molecule has 1 fully saturated rings. The Morgan fingerprint density at radius 1 is 1.12 bits per heavy atom. The van der Waals surface area contributed by atoms with E-state index in [0.29, 0.717) is 44.1 Å². The van der Waals surface area contributed by atoms with Gasteiger partial charge in [-0.3, -0.25) is 19.3 Å². The van der Waals surface area contributed by atoms with E-state index >= 15 is 0 Å². The largest absolute Gasteiger partial charge is 0.355 e. The fourth-order valence-electron chi connectivity index (χ4n) is 4.53. The van der Waals surface area contributed by atoms with Crippen LogP contribution in [-0.2, 0) is 18.3 Å². The smallest absolute Gasteiger partial charge is 0.272 e. The summed E-state index contributed by atoms with van der Waals surface area (Å²) in [4.78, 5) is 32.8. The van der Waals surface area contributed by atoms with Crippen molar-refractivity contribution in [3.8, 4) is 11.1 Å². The maximum absolute atomic E-state index is 13.6. The van der Waals surface area contributed by atoms with Crippen molar-refractivity contribution in [1.82, 2.24) is 25.0 Å². The van der Waals surface area contributed by atoms with E-state index in [1.807, 2.05) is 30.5 Å². The molecule has 7 heteroatoms. The Bertz CT molecular complexity index is 1120. The number of likely N-dealkylation sites (tertiary alicyclic amines) is 1. The predicted molar refractivity (Wildman–Crippen MR) is 127 cm³/mol. The number of benzene rings is 1. The molecule has 2 aromatic heterocycles. The number of aromatic nitrogens is 3. The molecule has 0 bridgehead atoms. The molecule has 1 aromatic carbocycles. The highest BCUT2D eigenvalue weighted by Crippen LogP contribution is 2.38. The van der Waals surface area contributed by atoms with Gasteiger partial charge in [0.2, 0.25) is 5.91 Å².